The Bertz CT molecular complexity index is 573. The molecule has 0 amide bonds. The summed E-state index contributed by atoms with van der Waals surface area (Å²) in [6.07, 6.45) is 7.15. The average molecular weight is 319 g/mol. The van der Waals surface area contributed by atoms with Gasteiger partial charge in [-0.2, -0.15) is 16.8 Å². The van der Waals surface area contributed by atoms with Gasteiger partial charge in [-0.3, -0.25) is 0 Å². The summed E-state index contributed by atoms with van der Waals surface area (Å²) in [5.74, 6) is 3.76. The Kier molecular flexibility index (Phi) is 4.74. The molecular weight excluding hydrogens is 298 g/mol. The van der Waals surface area contributed by atoms with Gasteiger partial charge in [-0.25, -0.2) is 4.79 Å². The second-order valence-corrected chi connectivity index (χ2v) is 7.06. The summed E-state index contributed by atoms with van der Waals surface area (Å²) in [6, 6.07) is 5.92. The molecule has 1 aromatic carbocycles. The molecule has 118 valence electrons. The molecule has 4 nitrogen and oxygen atoms in total. The molecule has 0 N–H and O–H groups in total. The quantitative estimate of drug-likeness (QED) is 0.613. The van der Waals surface area contributed by atoms with E-state index < -0.39 is 5.54 Å². The number of benzene rings is 1. The van der Waals surface area contributed by atoms with Crippen LogP contribution in [0.5, 0.6) is 11.5 Å². The predicted molar refractivity (Wildman–Crippen MR) is 87.6 cm³/mol. The van der Waals surface area contributed by atoms with Gasteiger partial charge in [0.1, 0.15) is 6.10 Å². The fourth-order valence-electron chi connectivity index (χ4n) is 3.10. The molecule has 1 aromatic rings. The number of isocyanates is 1. The molecule has 1 aliphatic heterocycles. The van der Waals surface area contributed by atoms with Crippen LogP contribution in [0.25, 0.3) is 0 Å². The Labute approximate surface area is 135 Å². The number of thioether (sulfide) groups is 1. The second kappa shape index (κ2) is 6.76. The zero-order valence-electron chi connectivity index (χ0n) is 12.8. The van der Waals surface area contributed by atoms with Crippen molar-refractivity contribution in [1.82, 2.24) is 0 Å². The van der Waals surface area contributed by atoms with Gasteiger partial charge in [0.2, 0.25) is 6.08 Å². The van der Waals surface area contributed by atoms with Crippen molar-refractivity contribution < 1.29 is 14.3 Å². The molecule has 1 heterocycles. The summed E-state index contributed by atoms with van der Waals surface area (Å²) in [6.45, 7) is 0. The van der Waals surface area contributed by atoms with Gasteiger partial charge in [0.25, 0.3) is 0 Å². The molecule has 5 heteroatoms. The number of aliphatic imine (C=N–C) groups is 1. The Hall–Kier alpha value is -1.45. The molecule has 0 radical (unpaired) electrons. The first-order valence-corrected chi connectivity index (χ1v) is 8.95. The lowest BCUT2D eigenvalue weighted by Crippen LogP contribution is -2.32. The van der Waals surface area contributed by atoms with Crippen molar-refractivity contribution in [3.05, 3.63) is 23.8 Å². The van der Waals surface area contributed by atoms with E-state index in [1.807, 2.05) is 30.0 Å². The van der Waals surface area contributed by atoms with Gasteiger partial charge in [-0.05, 0) is 55.6 Å². The van der Waals surface area contributed by atoms with Crippen molar-refractivity contribution in [3.8, 4) is 11.5 Å². The van der Waals surface area contributed by atoms with E-state index in [9.17, 15) is 4.79 Å². The van der Waals surface area contributed by atoms with E-state index in [-0.39, 0.29) is 6.10 Å². The molecule has 3 rings (SSSR count). The molecule has 2 aliphatic rings. The third-order valence-electron chi connectivity index (χ3n) is 4.55. The van der Waals surface area contributed by atoms with Crippen LogP contribution in [0.2, 0.25) is 0 Å². The number of rotatable bonds is 5. The van der Waals surface area contributed by atoms with Gasteiger partial charge in [0, 0.05) is 5.75 Å². The van der Waals surface area contributed by atoms with Crippen LogP contribution >= 0.6 is 11.8 Å². The lowest BCUT2D eigenvalue weighted by atomic mass is 9.72. The van der Waals surface area contributed by atoms with E-state index in [1.54, 1.807) is 13.2 Å². The van der Waals surface area contributed by atoms with Crippen LogP contribution < -0.4 is 9.47 Å². The summed E-state index contributed by atoms with van der Waals surface area (Å²) in [4.78, 5) is 14.8. The van der Waals surface area contributed by atoms with Gasteiger partial charge in [-0.15, -0.1) is 0 Å². The third-order valence-corrected chi connectivity index (χ3v) is 5.74. The Morgan fingerprint density at radius 1 is 1.32 bits per heavy atom. The van der Waals surface area contributed by atoms with E-state index in [2.05, 4.69) is 4.99 Å². The lowest BCUT2D eigenvalue weighted by Gasteiger charge is -2.37. The highest BCUT2D eigenvalue weighted by atomic mass is 32.2. The smallest absolute Gasteiger partial charge is 0.235 e. The van der Waals surface area contributed by atoms with Crippen molar-refractivity contribution in [2.45, 2.75) is 43.7 Å². The molecule has 1 unspecified atom stereocenters. The minimum absolute atomic E-state index is 0.254. The molecule has 0 spiro atoms. The number of carbonyl (C=O) groups excluding carboxylic acids is 1. The van der Waals surface area contributed by atoms with Crippen molar-refractivity contribution in [2.24, 2.45) is 4.99 Å². The molecule has 0 bridgehead atoms. The van der Waals surface area contributed by atoms with E-state index in [0.29, 0.717) is 0 Å². The van der Waals surface area contributed by atoms with Gasteiger partial charge in [-0.1, -0.05) is 6.07 Å². The summed E-state index contributed by atoms with van der Waals surface area (Å²) in [5, 5.41) is 0. The van der Waals surface area contributed by atoms with Gasteiger partial charge in [0.05, 0.1) is 12.6 Å². The zero-order chi connectivity index (χ0) is 15.4. The Balaban J connectivity index is 1.82. The summed E-state index contributed by atoms with van der Waals surface area (Å²) < 4.78 is 11.6. The maximum atomic E-state index is 10.7. The summed E-state index contributed by atoms with van der Waals surface area (Å²) >= 11 is 1.94. The van der Waals surface area contributed by atoms with E-state index in [0.717, 1.165) is 48.5 Å². The fraction of sp³-hybridized carbons (Fsp3) is 0.588. The molecule has 1 saturated heterocycles. The van der Waals surface area contributed by atoms with Crippen molar-refractivity contribution in [2.75, 3.05) is 18.6 Å². The van der Waals surface area contributed by atoms with Gasteiger partial charge >= 0.3 is 0 Å². The number of hydrogen-bond acceptors (Lipinski definition) is 5. The van der Waals surface area contributed by atoms with Crippen LogP contribution in [0.4, 0.5) is 0 Å². The first-order chi connectivity index (χ1) is 10.8. The zero-order valence-corrected chi connectivity index (χ0v) is 13.7. The fourth-order valence-corrected chi connectivity index (χ4v) is 4.14. The van der Waals surface area contributed by atoms with Crippen molar-refractivity contribution >= 4 is 17.8 Å². The number of ether oxygens (including phenoxy) is 2. The Morgan fingerprint density at radius 3 is 2.77 bits per heavy atom. The minimum Gasteiger partial charge on any atom is -0.493 e. The second-order valence-electron chi connectivity index (χ2n) is 5.91. The number of nitrogens with zero attached hydrogens (tertiary/aromatic N) is 1. The minimum atomic E-state index is -0.395. The van der Waals surface area contributed by atoms with Gasteiger partial charge in [0.15, 0.2) is 11.5 Å². The molecule has 22 heavy (non-hydrogen) atoms. The maximum absolute atomic E-state index is 10.7. The molecular formula is C17H21NO3S. The molecule has 1 aliphatic carbocycles. The van der Waals surface area contributed by atoms with Crippen LogP contribution in [0.3, 0.4) is 0 Å². The number of hydrogen-bond donors (Lipinski definition) is 0. The van der Waals surface area contributed by atoms with Crippen LogP contribution in [-0.2, 0) is 10.3 Å². The maximum Gasteiger partial charge on any atom is 0.235 e. The van der Waals surface area contributed by atoms with E-state index in [4.69, 9.17) is 9.47 Å². The van der Waals surface area contributed by atoms with Crippen LogP contribution in [0.15, 0.2) is 23.2 Å². The van der Waals surface area contributed by atoms with Crippen molar-refractivity contribution in [3.63, 3.8) is 0 Å². The predicted octanol–water partition coefficient (Wildman–Crippen LogP) is 3.68. The first kappa shape index (κ1) is 15.4. The van der Waals surface area contributed by atoms with Crippen LogP contribution in [-0.4, -0.2) is 30.8 Å². The largest absolute Gasteiger partial charge is 0.493 e. The van der Waals surface area contributed by atoms with E-state index in [1.165, 1.54) is 12.2 Å². The third kappa shape index (κ3) is 3.01. The highest BCUT2D eigenvalue weighted by Crippen LogP contribution is 2.46. The van der Waals surface area contributed by atoms with Crippen molar-refractivity contribution in [1.29, 1.82) is 0 Å². The molecule has 0 aromatic heterocycles. The topological polar surface area (TPSA) is 47.9 Å². The lowest BCUT2D eigenvalue weighted by molar-refractivity contribution is 0.201. The average Bonchev–Trinajstić information content (AvgIpc) is 2.52. The number of methoxy groups -OCH3 is 1. The van der Waals surface area contributed by atoms with Crippen LogP contribution in [0.1, 0.15) is 37.7 Å². The molecule has 2 fully saturated rings. The molecule has 1 saturated carbocycles. The highest BCUT2D eigenvalue weighted by Gasteiger charge is 2.39. The summed E-state index contributed by atoms with van der Waals surface area (Å²) in [5.41, 5.74) is 0.623. The summed E-state index contributed by atoms with van der Waals surface area (Å²) in [7, 11) is 1.65. The monoisotopic (exact) mass is 319 g/mol. The standard InChI is InChI=1S/C17H21NO3S/c1-20-16-10-13(17(18-12-19)7-3-8-17)5-6-15(16)21-14-4-2-9-22-11-14/h5-6,10,14H,2-4,7-9,11H2,1H3. The van der Waals surface area contributed by atoms with Gasteiger partial charge < -0.3 is 9.47 Å². The Morgan fingerprint density at radius 2 is 2.18 bits per heavy atom. The molecule has 1 atom stereocenters. The first-order valence-electron chi connectivity index (χ1n) is 7.79. The van der Waals surface area contributed by atoms with Crippen LogP contribution in [0, 0.1) is 0 Å². The SMILES string of the molecule is COc1cc(C2(N=C=O)CCC2)ccc1OC1CCCSC1. The van der Waals surface area contributed by atoms with E-state index >= 15 is 0 Å². The highest BCUT2D eigenvalue weighted by molar-refractivity contribution is 7.99. The normalized spacial score (nSPS) is 23.0.